The van der Waals surface area contributed by atoms with Crippen molar-refractivity contribution in [2.75, 3.05) is 10.8 Å². The van der Waals surface area contributed by atoms with Crippen molar-refractivity contribution in [2.24, 2.45) is 5.92 Å². The van der Waals surface area contributed by atoms with E-state index in [2.05, 4.69) is 0 Å². The monoisotopic (exact) mass is 376 g/mol. The van der Waals surface area contributed by atoms with E-state index in [1.165, 1.54) is 16.4 Å². The van der Waals surface area contributed by atoms with Gasteiger partial charge < -0.3 is 9.84 Å². The van der Waals surface area contributed by atoms with Gasteiger partial charge in [0, 0.05) is 18.9 Å². The zero-order chi connectivity index (χ0) is 18.1. The number of fused-ring (bicyclic) bond motifs is 5. The smallest absolute Gasteiger partial charge is 0.390 e. The van der Waals surface area contributed by atoms with Crippen LogP contribution in [0.4, 0.5) is 18.9 Å². The molecule has 5 atom stereocenters. The number of nitrogens with zero attached hydrogens (tertiary/aromatic N) is 2. The van der Waals surface area contributed by atoms with Gasteiger partial charge in [-0.15, -0.1) is 10.8 Å². The number of benzene rings is 1. The van der Waals surface area contributed by atoms with Gasteiger partial charge in [0.15, 0.2) is 0 Å². The standard InChI is InChI=1S/C15H15F3N2O4S/c16-15(17,18)10-3-8(2-1-7(10)5-19)20-6-9-12-4-11(21)13(24-12)14(9)25(20,22)23/h1-3,9,11-14,21-23H,4,6H2/t9-,11-,12-,13+,14-/m1/s1. The van der Waals surface area contributed by atoms with Crippen LogP contribution in [0.5, 0.6) is 0 Å². The van der Waals surface area contributed by atoms with Gasteiger partial charge in [-0.1, -0.05) is 0 Å². The zero-order valence-electron chi connectivity index (χ0n) is 12.7. The van der Waals surface area contributed by atoms with Crippen molar-refractivity contribution in [3.8, 4) is 6.07 Å². The lowest BCUT2D eigenvalue weighted by Gasteiger charge is -2.44. The Hall–Kier alpha value is -1.51. The second-order valence-corrected chi connectivity index (χ2v) is 8.64. The van der Waals surface area contributed by atoms with E-state index in [4.69, 9.17) is 10.00 Å². The molecular formula is C15H15F3N2O4S. The fraction of sp³-hybridized carbons (Fsp3) is 0.533. The second kappa shape index (κ2) is 5.25. The Morgan fingerprint density at radius 1 is 1.32 bits per heavy atom. The molecule has 136 valence electrons. The largest absolute Gasteiger partial charge is 0.417 e. The van der Waals surface area contributed by atoms with Gasteiger partial charge in [0.1, 0.15) is 11.4 Å². The highest BCUT2D eigenvalue weighted by Gasteiger charge is 2.64. The normalized spacial score (nSPS) is 37.0. The highest BCUT2D eigenvalue weighted by atomic mass is 32.3. The first-order valence-corrected chi connectivity index (χ1v) is 9.21. The predicted octanol–water partition coefficient (Wildman–Crippen LogP) is 2.58. The summed E-state index contributed by atoms with van der Waals surface area (Å²) in [5.41, 5.74) is -1.64. The zero-order valence-corrected chi connectivity index (χ0v) is 13.5. The van der Waals surface area contributed by atoms with Gasteiger partial charge in [0.05, 0.1) is 35.1 Å². The minimum Gasteiger partial charge on any atom is -0.390 e. The molecule has 1 aromatic carbocycles. The molecule has 0 unspecified atom stereocenters. The summed E-state index contributed by atoms with van der Waals surface area (Å²) in [6, 6.07) is 4.58. The highest BCUT2D eigenvalue weighted by Crippen LogP contribution is 2.65. The maximum atomic E-state index is 13.2. The highest BCUT2D eigenvalue weighted by molar-refractivity contribution is 8.26. The van der Waals surface area contributed by atoms with Crippen LogP contribution in [0.3, 0.4) is 0 Å². The van der Waals surface area contributed by atoms with Gasteiger partial charge in [-0.05, 0) is 18.2 Å². The number of alkyl halides is 3. The summed E-state index contributed by atoms with van der Waals surface area (Å²) < 4.78 is 67.6. The summed E-state index contributed by atoms with van der Waals surface area (Å²) in [6.45, 7) is 0.129. The first-order valence-electron chi connectivity index (χ1n) is 7.64. The number of anilines is 1. The SMILES string of the molecule is N#Cc1ccc(N2C[C@H]3[C@H]([C@H]4O[C@@H]3C[C@H]4O)S2(O)O)cc1C(F)(F)F. The maximum Gasteiger partial charge on any atom is 0.417 e. The summed E-state index contributed by atoms with van der Waals surface area (Å²) in [5, 5.41) is 18.1. The molecule has 0 saturated carbocycles. The van der Waals surface area contributed by atoms with Crippen LogP contribution in [0.25, 0.3) is 0 Å². The maximum absolute atomic E-state index is 13.2. The molecule has 0 radical (unpaired) electrons. The number of nitriles is 1. The Kier molecular flexibility index (Phi) is 3.55. The van der Waals surface area contributed by atoms with Crippen LogP contribution in [-0.2, 0) is 10.9 Å². The Labute approximate surface area is 142 Å². The van der Waals surface area contributed by atoms with Crippen LogP contribution < -0.4 is 4.31 Å². The van der Waals surface area contributed by atoms with Crippen molar-refractivity contribution in [1.29, 1.82) is 5.26 Å². The van der Waals surface area contributed by atoms with Gasteiger partial charge in [0.2, 0.25) is 0 Å². The molecule has 3 heterocycles. The molecule has 0 amide bonds. The topological polar surface area (TPSA) is 97.0 Å². The van der Waals surface area contributed by atoms with Gasteiger partial charge in [-0.2, -0.15) is 18.4 Å². The van der Waals surface area contributed by atoms with E-state index in [0.29, 0.717) is 6.42 Å². The number of ether oxygens (including phenoxy) is 1. The van der Waals surface area contributed by atoms with E-state index in [-0.39, 0.29) is 24.3 Å². The molecule has 10 heteroatoms. The van der Waals surface area contributed by atoms with Crippen molar-refractivity contribution in [1.82, 2.24) is 0 Å². The third kappa shape index (κ3) is 2.34. The summed E-state index contributed by atoms with van der Waals surface area (Å²) >= 11 is 0. The molecular weight excluding hydrogens is 361 g/mol. The van der Waals surface area contributed by atoms with Crippen LogP contribution in [0, 0.1) is 17.2 Å². The molecule has 3 aliphatic heterocycles. The Balaban J connectivity index is 1.73. The summed E-state index contributed by atoms with van der Waals surface area (Å²) in [4.78, 5) is 0. The van der Waals surface area contributed by atoms with E-state index in [1.54, 1.807) is 0 Å². The van der Waals surface area contributed by atoms with Crippen LogP contribution in [0.15, 0.2) is 18.2 Å². The summed E-state index contributed by atoms with van der Waals surface area (Å²) in [7, 11) is -3.47. The molecule has 25 heavy (non-hydrogen) atoms. The lowest BCUT2D eigenvalue weighted by molar-refractivity contribution is -0.137. The van der Waals surface area contributed by atoms with E-state index >= 15 is 0 Å². The minimum atomic E-state index is -4.72. The number of hydrogen-bond donors (Lipinski definition) is 3. The molecule has 1 aromatic rings. The first-order chi connectivity index (χ1) is 11.6. The quantitative estimate of drug-likeness (QED) is 0.697. The summed E-state index contributed by atoms with van der Waals surface area (Å²) in [6.07, 6.45) is -6.19. The van der Waals surface area contributed by atoms with Crippen molar-refractivity contribution < 1.29 is 32.1 Å². The predicted molar refractivity (Wildman–Crippen MR) is 82.9 cm³/mol. The second-order valence-electron chi connectivity index (χ2n) is 6.53. The average molecular weight is 376 g/mol. The fourth-order valence-corrected chi connectivity index (χ4v) is 6.56. The molecule has 6 nitrogen and oxygen atoms in total. The third-order valence-electron chi connectivity index (χ3n) is 5.19. The van der Waals surface area contributed by atoms with Gasteiger partial charge in [-0.25, -0.2) is 0 Å². The number of halogens is 3. The van der Waals surface area contributed by atoms with Crippen molar-refractivity contribution in [3.63, 3.8) is 0 Å². The van der Waals surface area contributed by atoms with Gasteiger partial charge in [-0.3, -0.25) is 13.4 Å². The fourth-order valence-electron chi connectivity index (χ4n) is 4.11. The number of aliphatic hydroxyl groups is 1. The van der Waals surface area contributed by atoms with Crippen molar-refractivity contribution in [2.45, 2.75) is 36.2 Å². The van der Waals surface area contributed by atoms with Crippen LogP contribution in [-0.4, -0.2) is 44.3 Å². The van der Waals surface area contributed by atoms with E-state index < -0.39 is 45.5 Å². The van der Waals surface area contributed by atoms with E-state index in [1.807, 2.05) is 0 Å². The van der Waals surface area contributed by atoms with Crippen molar-refractivity contribution in [3.05, 3.63) is 29.3 Å². The van der Waals surface area contributed by atoms with E-state index in [9.17, 15) is 27.4 Å². The average Bonchev–Trinajstić information content (AvgIpc) is 3.15. The van der Waals surface area contributed by atoms with Crippen molar-refractivity contribution >= 4 is 16.5 Å². The molecule has 3 fully saturated rings. The van der Waals surface area contributed by atoms with Gasteiger partial charge in [0.25, 0.3) is 0 Å². The van der Waals surface area contributed by atoms with E-state index in [0.717, 1.165) is 12.1 Å². The molecule has 0 aromatic heterocycles. The molecule has 2 bridgehead atoms. The molecule has 3 N–H and O–H groups in total. The minimum absolute atomic E-state index is 0.00499. The molecule has 3 saturated heterocycles. The van der Waals surface area contributed by atoms with Gasteiger partial charge >= 0.3 is 6.18 Å². The third-order valence-corrected chi connectivity index (χ3v) is 7.55. The molecule has 0 aliphatic carbocycles. The van der Waals surface area contributed by atoms with Crippen LogP contribution in [0.1, 0.15) is 17.5 Å². The number of hydrogen-bond acceptors (Lipinski definition) is 6. The first kappa shape index (κ1) is 16.9. The number of aliphatic hydroxyl groups excluding tert-OH is 1. The molecule has 4 rings (SSSR count). The number of rotatable bonds is 1. The van der Waals surface area contributed by atoms with Crippen LogP contribution in [0.2, 0.25) is 0 Å². The summed E-state index contributed by atoms with van der Waals surface area (Å²) in [5.74, 6) is -0.261. The Morgan fingerprint density at radius 2 is 2.04 bits per heavy atom. The Morgan fingerprint density at radius 3 is 2.68 bits per heavy atom. The lowest BCUT2D eigenvalue weighted by atomic mass is 9.87. The lowest BCUT2D eigenvalue weighted by Crippen LogP contribution is -2.40. The molecule has 3 aliphatic rings. The van der Waals surface area contributed by atoms with Crippen LogP contribution >= 0.6 is 10.8 Å². The Bertz CT molecular complexity index is 766. The molecule has 0 spiro atoms.